The van der Waals surface area contributed by atoms with Crippen molar-refractivity contribution in [3.8, 4) is 0 Å². The molecule has 17 heavy (non-hydrogen) atoms. The van der Waals surface area contributed by atoms with Gasteiger partial charge in [-0.05, 0) is 37.1 Å². The van der Waals surface area contributed by atoms with Crippen LogP contribution in [0.15, 0.2) is 23.1 Å². The Balaban J connectivity index is 3.20. The maximum atomic E-state index is 12.3. The van der Waals surface area contributed by atoms with Gasteiger partial charge in [0, 0.05) is 13.1 Å². The number of hydrogen-bond donors (Lipinski definition) is 1. The van der Waals surface area contributed by atoms with E-state index >= 15 is 0 Å². The minimum Gasteiger partial charge on any atom is -0.395 e. The summed E-state index contributed by atoms with van der Waals surface area (Å²) in [7, 11) is -3.48. The number of likely N-dealkylation sites (N-methyl/N-ethyl adjacent to an activating group) is 1. The van der Waals surface area contributed by atoms with E-state index in [9.17, 15) is 8.42 Å². The average Bonchev–Trinajstić information content (AvgIpc) is 2.24. The average molecular weight is 257 g/mol. The SMILES string of the molecule is CCN(CCO)S(=O)(=O)c1cc(C)cc(C)c1. The molecule has 0 aliphatic heterocycles. The van der Waals surface area contributed by atoms with Crippen LogP contribution in [0.25, 0.3) is 0 Å². The summed E-state index contributed by atoms with van der Waals surface area (Å²) in [6.45, 7) is 5.82. The molecular weight excluding hydrogens is 238 g/mol. The Morgan fingerprint density at radius 2 is 1.71 bits per heavy atom. The molecule has 0 aliphatic carbocycles. The van der Waals surface area contributed by atoms with Crippen molar-refractivity contribution in [2.45, 2.75) is 25.7 Å². The molecule has 1 aromatic carbocycles. The number of sulfonamides is 1. The van der Waals surface area contributed by atoms with Gasteiger partial charge in [-0.3, -0.25) is 0 Å². The molecule has 5 heteroatoms. The highest BCUT2D eigenvalue weighted by atomic mass is 32.2. The summed E-state index contributed by atoms with van der Waals surface area (Å²) in [5.74, 6) is 0. The molecule has 1 N–H and O–H groups in total. The van der Waals surface area contributed by atoms with E-state index in [1.54, 1.807) is 19.1 Å². The van der Waals surface area contributed by atoms with Gasteiger partial charge in [0.2, 0.25) is 10.0 Å². The van der Waals surface area contributed by atoms with E-state index in [-0.39, 0.29) is 13.2 Å². The van der Waals surface area contributed by atoms with Gasteiger partial charge in [0.25, 0.3) is 0 Å². The maximum Gasteiger partial charge on any atom is 0.243 e. The van der Waals surface area contributed by atoms with Crippen LogP contribution in [0.2, 0.25) is 0 Å². The van der Waals surface area contributed by atoms with E-state index in [0.717, 1.165) is 11.1 Å². The first-order valence-corrected chi connectivity index (χ1v) is 7.05. The molecule has 0 radical (unpaired) electrons. The fourth-order valence-corrected chi connectivity index (χ4v) is 3.42. The van der Waals surface area contributed by atoms with E-state index in [2.05, 4.69) is 0 Å². The van der Waals surface area contributed by atoms with Crippen LogP contribution in [-0.2, 0) is 10.0 Å². The molecule has 0 saturated heterocycles. The predicted octanol–water partition coefficient (Wildman–Crippen LogP) is 1.31. The van der Waals surface area contributed by atoms with Crippen molar-refractivity contribution in [1.82, 2.24) is 4.31 Å². The molecule has 1 rings (SSSR count). The third-order valence-corrected chi connectivity index (χ3v) is 4.49. The van der Waals surface area contributed by atoms with Crippen LogP contribution < -0.4 is 0 Å². The third kappa shape index (κ3) is 3.28. The van der Waals surface area contributed by atoms with E-state index in [4.69, 9.17) is 5.11 Å². The number of aryl methyl sites for hydroxylation is 2. The summed E-state index contributed by atoms with van der Waals surface area (Å²) < 4.78 is 25.8. The molecule has 0 heterocycles. The zero-order valence-corrected chi connectivity index (χ0v) is 11.3. The lowest BCUT2D eigenvalue weighted by atomic mass is 10.2. The second kappa shape index (κ2) is 5.62. The lowest BCUT2D eigenvalue weighted by Gasteiger charge is -2.19. The summed E-state index contributed by atoms with van der Waals surface area (Å²) in [6, 6.07) is 5.24. The second-order valence-electron chi connectivity index (χ2n) is 4.04. The Labute approximate surface area is 103 Å². The first kappa shape index (κ1) is 14.2. The molecule has 0 spiro atoms. The fourth-order valence-electron chi connectivity index (χ4n) is 1.79. The van der Waals surface area contributed by atoms with Crippen molar-refractivity contribution >= 4 is 10.0 Å². The summed E-state index contributed by atoms with van der Waals surface area (Å²) in [4.78, 5) is 0.297. The smallest absolute Gasteiger partial charge is 0.243 e. The Kier molecular flexibility index (Phi) is 4.68. The predicted molar refractivity (Wildman–Crippen MR) is 67.4 cm³/mol. The summed E-state index contributed by atoms with van der Waals surface area (Å²) in [5.41, 5.74) is 1.84. The van der Waals surface area contributed by atoms with Crippen molar-refractivity contribution in [1.29, 1.82) is 0 Å². The van der Waals surface area contributed by atoms with Gasteiger partial charge < -0.3 is 5.11 Å². The Morgan fingerprint density at radius 3 is 2.12 bits per heavy atom. The highest BCUT2D eigenvalue weighted by Crippen LogP contribution is 2.18. The number of aliphatic hydroxyl groups is 1. The molecule has 96 valence electrons. The third-order valence-electron chi connectivity index (χ3n) is 2.54. The zero-order valence-electron chi connectivity index (χ0n) is 10.5. The van der Waals surface area contributed by atoms with Crippen LogP contribution in [0, 0.1) is 13.8 Å². The normalized spacial score (nSPS) is 12.1. The minimum atomic E-state index is -3.48. The highest BCUT2D eigenvalue weighted by molar-refractivity contribution is 7.89. The number of rotatable bonds is 5. The number of benzene rings is 1. The number of aliphatic hydroxyl groups excluding tert-OH is 1. The van der Waals surface area contributed by atoms with Crippen LogP contribution in [-0.4, -0.2) is 37.5 Å². The number of hydrogen-bond acceptors (Lipinski definition) is 3. The molecule has 0 saturated carbocycles. The highest BCUT2D eigenvalue weighted by Gasteiger charge is 2.22. The van der Waals surface area contributed by atoms with E-state index < -0.39 is 10.0 Å². The Hall–Kier alpha value is -0.910. The van der Waals surface area contributed by atoms with Gasteiger partial charge in [-0.2, -0.15) is 4.31 Å². The van der Waals surface area contributed by atoms with Crippen molar-refractivity contribution in [3.05, 3.63) is 29.3 Å². The van der Waals surface area contributed by atoms with Gasteiger partial charge in [-0.1, -0.05) is 13.0 Å². The van der Waals surface area contributed by atoms with Gasteiger partial charge in [-0.15, -0.1) is 0 Å². The van der Waals surface area contributed by atoms with Crippen molar-refractivity contribution in [2.75, 3.05) is 19.7 Å². The topological polar surface area (TPSA) is 57.6 Å². The molecule has 0 fully saturated rings. The molecule has 0 aromatic heterocycles. The first-order valence-electron chi connectivity index (χ1n) is 5.61. The quantitative estimate of drug-likeness (QED) is 0.865. The molecule has 4 nitrogen and oxygen atoms in total. The molecular formula is C12H19NO3S. The van der Waals surface area contributed by atoms with Crippen molar-refractivity contribution in [2.24, 2.45) is 0 Å². The number of nitrogens with zero attached hydrogens (tertiary/aromatic N) is 1. The molecule has 1 aromatic rings. The van der Waals surface area contributed by atoms with Gasteiger partial charge in [0.15, 0.2) is 0 Å². The van der Waals surface area contributed by atoms with Crippen LogP contribution in [0.5, 0.6) is 0 Å². The summed E-state index contributed by atoms with van der Waals surface area (Å²) >= 11 is 0. The van der Waals surface area contributed by atoms with E-state index in [1.807, 2.05) is 19.9 Å². The fraction of sp³-hybridized carbons (Fsp3) is 0.500. The minimum absolute atomic E-state index is 0.131. The maximum absolute atomic E-state index is 12.3. The first-order chi connectivity index (χ1) is 7.91. The molecule has 0 atom stereocenters. The van der Waals surface area contributed by atoms with Crippen LogP contribution in [0.1, 0.15) is 18.1 Å². The standard InChI is InChI=1S/C12H19NO3S/c1-4-13(5-6-14)17(15,16)12-8-10(2)7-11(3)9-12/h7-9,14H,4-6H2,1-3H3. The monoisotopic (exact) mass is 257 g/mol. The van der Waals surface area contributed by atoms with Crippen LogP contribution in [0.4, 0.5) is 0 Å². The van der Waals surface area contributed by atoms with E-state index in [1.165, 1.54) is 4.31 Å². The molecule has 0 aliphatic rings. The summed E-state index contributed by atoms with van der Waals surface area (Å²) in [6.07, 6.45) is 0. The van der Waals surface area contributed by atoms with Gasteiger partial charge in [0.05, 0.1) is 11.5 Å². The van der Waals surface area contributed by atoms with Crippen molar-refractivity contribution < 1.29 is 13.5 Å². The van der Waals surface area contributed by atoms with Crippen LogP contribution in [0.3, 0.4) is 0 Å². The van der Waals surface area contributed by atoms with Crippen molar-refractivity contribution in [3.63, 3.8) is 0 Å². The van der Waals surface area contributed by atoms with Gasteiger partial charge >= 0.3 is 0 Å². The van der Waals surface area contributed by atoms with Gasteiger partial charge in [0.1, 0.15) is 0 Å². The molecule has 0 amide bonds. The molecule has 0 unspecified atom stereocenters. The Morgan fingerprint density at radius 1 is 1.18 bits per heavy atom. The van der Waals surface area contributed by atoms with Gasteiger partial charge in [-0.25, -0.2) is 8.42 Å². The summed E-state index contributed by atoms with van der Waals surface area (Å²) in [5, 5.41) is 8.88. The van der Waals surface area contributed by atoms with Crippen LogP contribution >= 0.6 is 0 Å². The lowest BCUT2D eigenvalue weighted by molar-refractivity contribution is 0.257. The lowest BCUT2D eigenvalue weighted by Crippen LogP contribution is -2.33. The Bertz CT molecular complexity index is 462. The van der Waals surface area contributed by atoms with E-state index in [0.29, 0.717) is 11.4 Å². The molecule has 0 bridgehead atoms. The largest absolute Gasteiger partial charge is 0.395 e. The zero-order chi connectivity index (χ0) is 13.1. The second-order valence-corrected chi connectivity index (χ2v) is 5.98.